The van der Waals surface area contributed by atoms with E-state index in [-0.39, 0.29) is 0 Å². The van der Waals surface area contributed by atoms with E-state index in [1.54, 1.807) is 0 Å². The van der Waals surface area contributed by atoms with Gasteiger partial charge in [-0.2, -0.15) is 9.97 Å². The van der Waals surface area contributed by atoms with Crippen LogP contribution in [0.2, 0.25) is 0 Å². The maximum absolute atomic E-state index is 6.13. The van der Waals surface area contributed by atoms with Gasteiger partial charge in [-0.15, -0.1) is 0 Å². The molecule has 198 valence electrons. The number of piperazine rings is 1. The molecule has 4 rings (SSSR count). The van der Waals surface area contributed by atoms with Gasteiger partial charge in [-0.05, 0) is 90.3 Å². The number of aromatic nitrogens is 2. The molecule has 1 aromatic rings. The molecular formula is C27H50N8. The van der Waals surface area contributed by atoms with Crippen LogP contribution in [0.3, 0.4) is 0 Å². The Kier molecular flexibility index (Phi) is 10.3. The quantitative estimate of drug-likeness (QED) is 0.303. The molecule has 35 heavy (non-hydrogen) atoms. The van der Waals surface area contributed by atoms with Crippen LogP contribution in [0.5, 0.6) is 0 Å². The van der Waals surface area contributed by atoms with Gasteiger partial charge in [0.25, 0.3) is 0 Å². The Morgan fingerprint density at radius 2 is 1.60 bits per heavy atom. The van der Waals surface area contributed by atoms with Gasteiger partial charge in [0.05, 0.1) is 0 Å². The van der Waals surface area contributed by atoms with Gasteiger partial charge in [-0.25, -0.2) is 0 Å². The second-order valence-electron chi connectivity index (χ2n) is 11.5. The highest BCUT2D eigenvalue weighted by molar-refractivity contribution is 5.52. The van der Waals surface area contributed by atoms with Gasteiger partial charge in [0.1, 0.15) is 11.6 Å². The van der Waals surface area contributed by atoms with Crippen molar-refractivity contribution in [2.45, 2.75) is 96.2 Å². The number of rotatable bonds is 11. The highest BCUT2D eigenvalue weighted by Gasteiger charge is 2.24. The van der Waals surface area contributed by atoms with Gasteiger partial charge < -0.3 is 31.9 Å². The molecule has 1 aliphatic heterocycles. The fourth-order valence-corrected chi connectivity index (χ4v) is 6.22. The van der Waals surface area contributed by atoms with Crippen molar-refractivity contribution in [1.29, 1.82) is 0 Å². The molecule has 8 heteroatoms. The van der Waals surface area contributed by atoms with Crippen LogP contribution in [0.4, 0.5) is 17.6 Å². The molecule has 0 radical (unpaired) electrons. The standard InChI is InChI=1S/C27H50N8/c1-20-18-35(19-21(2)32-20)26-15-25(28)33-27(34-26)31-17-23-11-9-22(10-12-23)16-29-13-6-14-30-24-7-4-3-5-8-24/h15,20-24,29-30,32H,3-14,16-19H2,1-2H3,(H3,28,31,33,34)/t20?,21?,22-,23-. The van der Waals surface area contributed by atoms with Gasteiger partial charge in [0, 0.05) is 43.8 Å². The van der Waals surface area contributed by atoms with E-state index in [9.17, 15) is 0 Å². The normalized spacial score (nSPS) is 28.2. The van der Waals surface area contributed by atoms with Crippen LogP contribution in [-0.4, -0.2) is 67.4 Å². The number of nitrogens with zero attached hydrogens (tertiary/aromatic N) is 3. The van der Waals surface area contributed by atoms with Crippen molar-refractivity contribution in [2.75, 3.05) is 55.2 Å². The average Bonchev–Trinajstić information content (AvgIpc) is 2.85. The zero-order valence-corrected chi connectivity index (χ0v) is 22.2. The summed E-state index contributed by atoms with van der Waals surface area (Å²) in [5, 5.41) is 14.5. The molecular weight excluding hydrogens is 436 g/mol. The van der Waals surface area contributed by atoms with Crippen LogP contribution < -0.4 is 31.9 Å². The average molecular weight is 487 g/mol. The van der Waals surface area contributed by atoms with Crippen molar-refractivity contribution < 1.29 is 0 Å². The third-order valence-electron chi connectivity index (χ3n) is 8.13. The molecule has 2 atom stereocenters. The lowest BCUT2D eigenvalue weighted by Gasteiger charge is -2.37. The molecule has 1 aromatic heterocycles. The molecule has 2 saturated carbocycles. The Balaban J connectivity index is 1.10. The Hall–Kier alpha value is -1.64. The lowest BCUT2D eigenvalue weighted by atomic mass is 9.82. The highest BCUT2D eigenvalue weighted by Crippen LogP contribution is 2.29. The Labute approximate surface area is 213 Å². The smallest absolute Gasteiger partial charge is 0.226 e. The van der Waals surface area contributed by atoms with Crippen LogP contribution >= 0.6 is 0 Å². The second-order valence-corrected chi connectivity index (χ2v) is 11.5. The molecule has 3 aliphatic rings. The lowest BCUT2D eigenvalue weighted by molar-refractivity contribution is 0.275. The predicted octanol–water partition coefficient (Wildman–Crippen LogP) is 3.37. The first kappa shape index (κ1) is 26.4. The van der Waals surface area contributed by atoms with Gasteiger partial charge in [0.15, 0.2) is 0 Å². The SMILES string of the molecule is CC1CN(c2cc(N)nc(NC[C@H]3CC[C@H](CNCCCNC4CCCCC4)CC3)n2)CC(C)N1. The van der Waals surface area contributed by atoms with Crippen LogP contribution in [0.1, 0.15) is 78.1 Å². The number of anilines is 3. The van der Waals surface area contributed by atoms with Crippen molar-refractivity contribution in [3.63, 3.8) is 0 Å². The van der Waals surface area contributed by atoms with E-state index in [1.807, 2.05) is 6.07 Å². The molecule has 0 amide bonds. The molecule has 8 nitrogen and oxygen atoms in total. The van der Waals surface area contributed by atoms with E-state index in [0.29, 0.717) is 29.8 Å². The largest absolute Gasteiger partial charge is 0.383 e. The topological polar surface area (TPSA) is 103 Å². The third kappa shape index (κ3) is 8.76. The van der Waals surface area contributed by atoms with Crippen molar-refractivity contribution in [3.05, 3.63) is 6.07 Å². The Bertz CT molecular complexity index is 735. The van der Waals surface area contributed by atoms with E-state index < -0.39 is 0 Å². The summed E-state index contributed by atoms with van der Waals surface area (Å²) < 4.78 is 0. The summed E-state index contributed by atoms with van der Waals surface area (Å²) in [5.74, 6) is 3.66. The van der Waals surface area contributed by atoms with E-state index in [4.69, 9.17) is 10.7 Å². The van der Waals surface area contributed by atoms with Crippen molar-refractivity contribution in [1.82, 2.24) is 25.9 Å². The first-order valence-electron chi connectivity index (χ1n) is 14.4. The van der Waals surface area contributed by atoms with Crippen LogP contribution in [0.15, 0.2) is 6.07 Å². The molecule has 1 saturated heterocycles. The molecule has 0 spiro atoms. The number of nitrogens with one attached hydrogen (secondary N) is 4. The minimum absolute atomic E-state index is 0.439. The van der Waals surface area contributed by atoms with E-state index >= 15 is 0 Å². The van der Waals surface area contributed by atoms with Gasteiger partial charge >= 0.3 is 0 Å². The van der Waals surface area contributed by atoms with E-state index in [1.165, 1.54) is 70.8 Å². The minimum Gasteiger partial charge on any atom is -0.383 e. The van der Waals surface area contributed by atoms with Crippen LogP contribution in [0.25, 0.3) is 0 Å². The summed E-state index contributed by atoms with van der Waals surface area (Å²) >= 11 is 0. The summed E-state index contributed by atoms with van der Waals surface area (Å²) in [6.45, 7) is 10.7. The number of nitrogen functional groups attached to an aromatic ring is 1. The molecule has 3 fully saturated rings. The summed E-state index contributed by atoms with van der Waals surface area (Å²) in [6.07, 6.45) is 13.5. The predicted molar refractivity (Wildman–Crippen MR) is 147 cm³/mol. The summed E-state index contributed by atoms with van der Waals surface area (Å²) in [4.78, 5) is 11.6. The second kappa shape index (κ2) is 13.6. The zero-order valence-electron chi connectivity index (χ0n) is 22.2. The Morgan fingerprint density at radius 1 is 0.914 bits per heavy atom. The van der Waals surface area contributed by atoms with Crippen LogP contribution in [0, 0.1) is 11.8 Å². The van der Waals surface area contributed by atoms with Crippen molar-refractivity contribution in [3.8, 4) is 0 Å². The summed E-state index contributed by atoms with van der Waals surface area (Å²) in [7, 11) is 0. The van der Waals surface area contributed by atoms with Gasteiger partial charge in [-0.3, -0.25) is 0 Å². The van der Waals surface area contributed by atoms with E-state index in [0.717, 1.165) is 50.5 Å². The Morgan fingerprint density at radius 3 is 2.31 bits per heavy atom. The molecule has 0 bridgehead atoms. The number of nitrogens with two attached hydrogens (primary N) is 1. The molecule has 0 aromatic carbocycles. The highest BCUT2D eigenvalue weighted by atomic mass is 15.3. The lowest BCUT2D eigenvalue weighted by Crippen LogP contribution is -2.54. The van der Waals surface area contributed by atoms with Crippen LogP contribution in [-0.2, 0) is 0 Å². The van der Waals surface area contributed by atoms with Crippen molar-refractivity contribution >= 4 is 17.6 Å². The maximum Gasteiger partial charge on any atom is 0.226 e. The zero-order chi connectivity index (χ0) is 24.5. The molecule has 2 heterocycles. The minimum atomic E-state index is 0.439. The van der Waals surface area contributed by atoms with Gasteiger partial charge in [-0.1, -0.05) is 19.3 Å². The maximum atomic E-state index is 6.13. The first-order valence-corrected chi connectivity index (χ1v) is 14.4. The molecule has 2 unspecified atom stereocenters. The van der Waals surface area contributed by atoms with Crippen molar-refractivity contribution in [2.24, 2.45) is 11.8 Å². The third-order valence-corrected chi connectivity index (χ3v) is 8.13. The fourth-order valence-electron chi connectivity index (χ4n) is 6.22. The van der Waals surface area contributed by atoms with Gasteiger partial charge in [0.2, 0.25) is 5.95 Å². The van der Waals surface area contributed by atoms with E-state index in [2.05, 4.69) is 45.0 Å². The molecule has 6 N–H and O–H groups in total. The number of hydrogen-bond acceptors (Lipinski definition) is 8. The fraction of sp³-hybridized carbons (Fsp3) is 0.852. The molecule has 2 aliphatic carbocycles. The summed E-state index contributed by atoms with van der Waals surface area (Å²) in [5.41, 5.74) is 6.13. The monoisotopic (exact) mass is 486 g/mol. The number of hydrogen-bond donors (Lipinski definition) is 5. The first-order chi connectivity index (χ1) is 17.0. The summed E-state index contributed by atoms with van der Waals surface area (Å²) in [6, 6.07) is 3.56.